The van der Waals surface area contributed by atoms with Crippen molar-refractivity contribution < 1.29 is 9.47 Å². The van der Waals surface area contributed by atoms with Gasteiger partial charge in [0.25, 0.3) is 0 Å². The van der Waals surface area contributed by atoms with Gasteiger partial charge in [0.05, 0.1) is 12.2 Å². The van der Waals surface area contributed by atoms with E-state index in [-0.39, 0.29) is 17.6 Å². The zero-order valence-corrected chi connectivity index (χ0v) is 17.5. The molecule has 0 bridgehead atoms. The molecule has 0 amide bonds. The van der Waals surface area contributed by atoms with E-state index in [1.165, 1.54) is 18.4 Å². The molecule has 2 unspecified atom stereocenters. The minimum absolute atomic E-state index is 0. The fraction of sp³-hybridized carbons (Fsp3) is 0.684. The first-order chi connectivity index (χ1) is 10.3. The van der Waals surface area contributed by atoms with Crippen LogP contribution in [0.5, 0.6) is 5.75 Å². The zero-order valence-electron chi connectivity index (χ0n) is 15.3. The maximum atomic E-state index is 6.19. The first kappa shape index (κ1) is 20.9. The summed E-state index contributed by atoms with van der Waals surface area (Å²) in [6.07, 6.45) is 2.40. The van der Waals surface area contributed by atoms with Gasteiger partial charge in [-0.15, -0.1) is 0 Å². The van der Waals surface area contributed by atoms with Crippen LogP contribution in [-0.2, 0) is 4.74 Å². The van der Waals surface area contributed by atoms with Gasteiger partial charge in [-0.3, -0.25) is 0 Å². The molecule has 1 radical (unpaired) electrons. The molecule has 1 rings (SSSR count). The second kappa shape index (κ2) is 9.16. The fourth-order valence-corrected chi connectivity index (χ4v) is 3.05. The summed E-state index contributed by atoms with van der Waals surface area (Å²) in [6, 6.07) is 8.30. The molecule has 4 heteroatoms. The van der Waals surface area contributed by atoms with Gasteiger partial charge in [0.1, 0.15) is 5.75 Å². The Kier molecular flexibility index (Phi) is 8.34. The summed E-state index contributed by atoms with van der Waals surface area (Å²) in [7, 11) is 1.74. The van der Waals surface area contributed by atoms with Crippen molar-refractivity contribution in [2.24, 2.45) is 11.7 Å². The van der Waals surface area contributed by atoms with Crippen LogP contribution >= 0.6 is 0 Å². The van der Waals surface area contributed by atoms with Gasteiger partial charge in [-0.2, -0.15) is 0 Å². The third-order valence-corrected chi connectivity index (χ3v) is 4.36. The molecule has 3 nitrogen and oxygen atoms in total. The molecule has 23 heavy (non-hydrogen) atoms. The summed E-state index contributed by atoms with van der Waals surface area (Å²) in [6.45, 7) is 11.4. The monoisotopic (exact) mass is 569 g/mol. The number of methoxy groups -OCH3 is 1. The molecule has 3 atom stereocenters. The average Bonchev–Trinajstić information content (AvgIpc) is 2.46. The van der Waals surface area contributed by atoms with Crippen LogP contribution in [-0.4, -0.2) is 25.4 Å². The van der Waals surface area contributed by atoms with Crippen LogP contribution in [0, 0.1) is 5.92 Å². The van der Waals surface area contributed by atoms with E-state index in [0.717, 1.165) is 12.4 Å². The van der Waals surface area contributed by atoms with Crippen molar-refractivity contribution in [2.45, 2.75) is 65.0 Å². The molecule has 0 aromatic heterocycles. The molecule has 141 valence electrons. The van der Waals surface area contributed by atoms with Crippen LogP contribution in [0.4, 0.5) is 0 Å². The van der Waals surface area contributed by atoms with E-state index in [1.807, 2.05) is 19.1 Å². The molecule has 0 spiro atoms. The maximum Gasteiger partial charge on any atom is 0.119 e. The summed E-state index contributed by atoms with van der Waals surface area (Å²) in [5.74, 6) is 1.66. The number of hydrogen-bond donors (Lipinski definition) is 1. The van der Waals surface area contributed by atoms with Gasteiger partial charge in [0.15, 0.2) is 0 Å². The first-order valence-electron chi connectivity index (χ1n) is 8.35. The summed E-state index contributed by atoms with van der Waals surface area (Å²) < 4.78 is 11.5. The SMILES string of the molecule is CCCC(C)COc1ccc([C@@H](C(C)N)C(C)(C)OC)cc1.[Lr]. The molecular formula is C19H33LrNO2. The van der Waals surface area contributed by atoms with E-state index in [9.17, 15) is 0 Å². The van der Waals surface area contributed by atoms with E-state index in [0.29, 0.717) is 5.92 Å². The molecule has 0 aliphatic rings. The first-order valence-corrected chi connectivity index (χ1v) is 8.35. The minimum atomic E-state index is -0.299. The van der Waals surface area contributed by atoms with E-state index >= 15 is 0 Å². The smallest absolute Gasteiger partial charge is 0.119 e. The molecule has 0 saturated carbocycles. The van der Waals surface area contributed by atoms with Gasteiger partial charge >= 0.3 is 0 Å². The van der Waals surface area contributed by atoms with Crippen molar-refractivity contribution in [1.82, 2.24) is 0 Å². The van der Waals surface area contributed by atoms with Gasteiger partial charge in [-0.1, -0.05) is 32.4 Å². The van der Waals surface area contributed by atoms with Crippen molar-refractivity contribution in [3.63, 3.8) is 0 Å². The maximum absolute atomic E-state index is 6.19. The van der Waals surface area contributed by atoms with Crippen LogP contribution in [0.1, 0.15) is 58.9 Å². The molecule has 1 aromatic rings. The Bertz CT molecular complexity index is 432. The van der Waals surface area contributed by atoms with E-state index in [2.05, 4.69) is 39.8 Å². The van der Waals surface area contributed by atoms with E-state index < -0.39 is 0 Å². The quantitative estimate of drug-likeness (QED) is 0.481. The third-order valence-electron chi connectivity index (χ3n) is 4.36. The predicted molar refractivity (Wildman–Crippen MR) is 93.5 cm³/mol. The van der Waals surface area contributed by atoms with Gasteiger partial charge < -0.3 is 15.2 Å². The van der Waals surface area contributed by atoms with Crippen molar-refractivity contribution in [3.05, 3.63) is 29.8 Å². The Morgan fingerprint density at radius 3 is 2.13 bits per heavy atom. The summed E-state index contributed by atoms with van der Waals surface area (Å²) >= 11 is 0. The molecule has 0 fully saturated rings. The average molecular weight is 569 g/mol. The van der Waals surface area contributed by atoms with Gasteiger partial charge in [0.2, 0.25) is 0 Å². The standard InChI is InChI=1S/C19H33NO2.Lr/c1-7-8-14(2)13-22-17-11-9-16(10-12-17)18(15(3)20)19(4,5)21-6;/h9-12,14-15,18H,7-8,13,20H2,1-6H3;/t14?,15?,18-;/m1./s1. The molecule has 0 aliphatic heterocycles. The van der Waals surface area contributed by atoms with E-state index in [4.69, 9.17) is 15.2 Å². The molecule has 0 heterocycles. The van der Waals surface area contributed by atoms with Crippen molar-refractivity contribution in [2.75, 3.05) is 13.7 Å². The molecular weight excluding hydrogens is 536 g/mol. The third kappa shape index (κ3) is 5.91. The van der Waals surface area contributed by atoms with Crippen LogP contribution in [0.2, 0.25) is 0 Å². The molecule has 2 N–H and O–H groups in total. The topological polar surface area (TPSA) is 44.5 Å². The zero-order chi connectivity index (χ0) is 16.8. The Morgan fingerprint density at radius 2 is 1.70 bits per heavy atom. The normalized spacial score (nSPS) is 15.4. The van der Waals surface area contributed by atoms with Crippen LogP contribution in [0.15, 0.2) is 24.3 Å². The van der Waals surface area contributed by atoms with E-state index in [1.54, 1.807) is 7.11 Å². The largest absolute Gasteiger partial charge is 0.493 e. The summed E-state index contributed by atoms with van der Waals surface area (Å²) in [4.78, 5) is 0. The van der Waals surface area contributed by atoms with Gasteiger partial charge in [0, 0.05) is 19.1 Å². The Hall–Kier alpha value is -2.06. The van der Waals surface area contributed by atoms with Gasteiger partial charge in [-0.05, 0) is 50.8 Å². The molecule has 1 aromatic carbocycles. The number of ether oxygens (including phenoxy) is 2. The van der Waals surface area contributed by atoms with Gasteiger partial charge in [-0.25, -0.2) is 0 Å². The second-order valence-corrected chi connectivity index (χ2v) is 6.92. The Morgan fingerprint density at radius 1 is 1.13 bits per heavy atom. The fourth-order valence-electron chi connectivity index (χ4n) is 3.05. The minimum Gasteiger partial charge on any atom is -0.493 e. The summed E-state index contributed by atoms with van der Waals surface area (Å²) in [5.41, 5.74) is 7.08. The van der Waals surface area contributed by atoms with Crippen molar-refractivity contribution in [1.29, 1.82) is 0 Å². The van der Waals surface area contributed by atoms with Crippen LogP contribution in [0.3, 0.4) is 0 Å². The van der Waals surface area contributed by atoms with Crippen LogP contribution in [0.25, 0.3) is 0 Å². The number of rotatable bonds is 9. The Balaban J connectivity index is 0.00000484. The molecule has 0 saturated heterocycles. The number of hydrogen-bond acceptors (Lipinski definition) is 3. The van der Waals surface area contributed by atoms with Crippen molar-refractivity contribution in [3.8, 4) is 5.75 Å². The molecule has 0 aliphatic carbocycles. The van der Waals surface area contributed by atoms with Crippen molar-refractivity contribution >= 4 is 0 Å². The second-order valence-electron chi connectivity index (χ2n) is 6.92. The Labute approximate surface area is 136 Å². The number of nitrogens with two attached hydrogens (primary N) is 1. The van der Waals surface area contributed by atoms with Crippen LogP contribution < -0.4 is 10.5 Å². The number of benzene rings is 1. The predicted octanol–water partition coefficient (Wildman–Crippen LogP) is 4.36. The summed E-state index contributed by atoms with van der Waals surface area (Å²) in [5, 5.41) is 0.